The Morgan fingerprint density at radius 2 is 1.93 bits per heavy atom. The molecule has 1 rings (SSSR count). The second-order valence-electron chi connectivity index (χ2n) is 2.36. The number of hydrogen-bond acceptors (Lipinski definition) is 3. The van der Waals surface area contributed by atoms with Crippen molar-refractivity contribution in [2.45, 2.75) is 0 Å². The number of carbonyl (C=O) groups excluding carboxylic acids is 1. The second kappa shape index (κ2) is 4.48. The molecule has 0 aliphatic carbocycles. The first kappa shape index (κ1) is 10.3. The minimum absolute atomic E-state index is 0.387. The molecule has 0 fully saturated rings. The monoisotopic (exact) mass is 214 g/mol. The molecule has 0 atom stereocenters. The Kier molecular flexibility index (Phi) is 3.30. The van der Waals surface area contributed by atoms with Crippen molar-refractivity contribution in [3.05, 3.63) is 29.3 Å². The van der Waals surface area contributed by atoms with E-state index in [9.17, 15) is 9.59 Å². The maximum absolute atomic E-state index is 10.6. The molecule has 0 bridgehead atoms. The van der Waals surface area contributed by atoms with Crippen LogP contribution in [0.25, 0.3) is 0 Å². The number of amides is 1. The van der Waals surface area contributed by atoms with Gasteiger partial charge < -0.3 is 5.11 Å². The molecular formula is C8H7ClN2O3. The number of hydrogen-bond donors (Lipinski definition) is 3. The highest BCUT2D eigenvalue weighted by atomic mass is 35.5. The maximum Gasteiger partial charge on any atom is 0.396 e. The number of para-hydroxylation sites is 1. The lowest BCUT2D eigenvalue weighted by molar-refractivity contribution is -0.149. The second-order valence-corrected chi connectivity index (χ2v) is 2.77. The first-order chi connectivity index (χ1) is 6.61. The largest absolute Gasteiger partial charge is 0.474 e. The van der Waals surface area contributed by atoms with Crippen LogP contribution in [0.4, 0.5) is 5.69 Å². The molecule has 74 valence electrons. The number of hydrazine groups is 1. The summed E-state index contributed by atoms with van der Waals surface area (Å²) in [5, 5.41) is 8.63. The summed E-state index contributed by atoms with van der Waals surface area (Å²) < 4.78 is 0. The Morgan fingerprint density at radius 3 is 2.50 bits per heavy atom. The van der Waals surface area contributed by atoms with E-state index in [1.54, 1.807) is 24.3 Å². The smallest absolute Gasteiger partial charge is 0.396 e. The fourth-order valence-corrected chi connectivity index (χ4v) is 0.923. The fraction of sp³-hybridized carbons (Fsp3) is 0. The molecule has 0 aliphatic rings. The zero-order valence-electron chi connectivity index (χ0n) is 6.95. The molecule has 0 spiro atoms. The predicted octanol–water partition coefficient (Wildman–Crippen LogP) is 0.868. The number of nitrogens with one attached hydrogen (secondary N) is 2. The third kappa shape index (κ3) is 2.63. The standard InChI is InChI=1S/C8H7ClN2O3/c9-5-3-1-2-4-6(5)10-11-7(12)8(13)14/h1-4,10H,(H,11,12)(H,13,14). The van der Waals surface area contributed by atoms with Crippen LogP contribution >= 0.6 is 11.6 Å². The summed E-state index contributed by atoms with van der Waals surface area (Å²) in [5.74, 6) is -2.71. The molecule has 0 saturated carbocycles. The predicted molar refractivity (Wildman–Crippen MR) is 50.9 cm³/mol. The lowest BCUT2D eigenvalue weighted by Gasteiger charge is -2.07. The van der Waals surface area contributed by atoms with E-state index in [1.807, 2.05) is 5.43 Å². The zero-order valence-corrected chi connectivity index (χ0v) is 7.71. The van der Waals surface area contributed by atoms with Crippen LogP contribution in [0.2, 0.25) is 5.02 Å². The highest BCUT2D eigenvalue weighted by Gasteiger charge is 2.09. The van der Waals surface area contributed by atoms with Gasteiger partial charge in [0, 0.05) is 0 Å². The van der Waals surface area contributed by atoms with E-state index in [2.05, 4.69) is 5.43 Å². The fourth-order valence-electron chi connectivity index (χ4n) is 0.740. The Bertz CT molecular complexity index is 367. The first-order valence-electron chi connectivity index (χ1n) is 3.65. The average Bonchev–Trinajstić information content (AvgIpc) is 2.16. The van der Waals surface area contributed by atoms with Gasteiger partial charge in [-0.25, -0.2) is 4.79 Å². The van der Waals surface area contributed by atoms with E-state index >= 15 is 0 Å². The number of carbonyl (C=O) groups is 2. The van der Waals surface area contributed by atoms with Gasteiger partial charge in [0.1, 0.15) is 0 Å². The van der Waals surface area contributed by atoms with Gasteiger partial charge in [0.2, 0.25) is 0 Å². The summed E-state index contributed by atoms with van der Waals surface area (Å²) >= 11 is 5.73. The van der Waals surface area contributed by atoms with Crippen molar-refractivity contribution in [2.75, 3.05) is 5.43 Å². The van der Waals surface area contributed by atoms with Gasteiger partial charge >= 0.3 is 11.9 Å². The van der Waals surface area contributed by atoms with E-state index in [0.717, 1.165) is 0 Å². The van der Waals surface area contributed by atoms with Crippen LogP contribution in [0.15, 0.2) is 24.3 Å². The molecule has 0 aliphatic heterocycles. The number of rotatable bonds is 2. The molecule has 14 heavy (non-hydrogen) atoms. The van der Waals surface area contributed by atoms with E-state index < -0.39 is 11.9 Å². The molecule has 0 aromatic heterocycles. The number of benzene rings is 1. The molecule has 5 nitrogen and oxygen atoms in total. The summed E-state index contributed by atoms with van der Waals surface area (Å²) in [4.78, 5) is 20.7. The van der Waals surface area contributed by atoms with Gasteiger partial charge in [-0.2, -0.15) is 0 Å². The van der Waals surface area contributed by atoms with Gasteiger partial charge in [-0.15, -0.1) is 0 Å². The van der Waals surface area contributed by atoms with Crippen LogP contribution in [0, 0.1) is 0 Å². The maximum atomic E-state index is 10.6. The molecule has 1 aromatic rings. The number of carboxylic acids is 1. The van der Waals surface area contributed by atoms with Crippen LogP contribution in [-0.4, -0.2) is 17.0 Å². The Morgan fingerprint density at radius 1 is 1.29 bits per heavy atom. The first-order valence-corrected chi connectivity index (χ1v) is 4.03. The van der Waals surface area contributed by atoms with Crippen molar-refractivity contribution >= 4 is 29.2 Å². The van der Waals surface area contributed by atoms with E-state index in [4.69, 9.17) is 16.7 Å². The molecule has 0 heterocycles. The van der Waals surface area contributed by atoms with E-state index in [-0.39, 0.29) is 0 Å². The van der Waals surface area contributed by atoms with Gasteiger partial charge in [0.15, 0.2) is 0 Å². The van der Waals surface area contributed by atoms with Gasteiger partial charge in [-0.05, 0) is 12.1 Å². The van der Waals surface area contributed by atoms with Crippen LogP contribution in [0.1, 0.15) is 0 Å². The molecule has 1 amide bonds. The van der Waals surface area contributed by atoms with Gasteiger partial charge in [-0.3, -0.25) is 15.6 Å². The molecule has 0 saturated heterocycles. The summed E-state index contributed by atoms with van der Waals surface area (Å²) in [5.41, 5.74) is 4.78. The minimum atomic E-state index is -1.57. The summed E-state index contributed by atoms with van der Waals surface area (Å²) in [6, 6.07) is 6.62. The quantitative estimate of drug-likeness (QED) is 0.504. The normalized spacial score (nSPS) is 9.21. The Balaban J connectivity index is 2.58. The summed E-state index contributed by atoms with van der Waals surface area (Å²) in [6.07, 6.45) is 0. The Labute approximate surface area is 84.7 Å². The lowest BCUT2D eigenvalue weighted by Crippen LogP contribution is -2.35. The molecule has 0 radical (unpaired) electrons. The molecule has 1 aromatic carbocycles. The van der Waals surface area contributed by atoms with E-state index in [1.165, 1.54) is 0 Å². The van der Waals surface area contributed by atoms with Crippen molar-refractivity contribution in [3.63, 3.8) is 0 Å². The summed E-state index contributed by atoms with van der Waals surface area (Å²) in [6.45, 7) is 0. The van der Waals surface area contributed by atoms with Crippen molar-refractivity contribution in [2.24, 2.45) is 0 Å². The highest BCUT2D eigenvalue weighted by molar-refractivity contribution is 6.34. The lowest BCUT2D eigenvalue weighted by atomic mass is 10.3. The zero-order chi connectivity index (χ0) is 10.6. The van der Waals surface area contributed by atoms with Gasteiger partial charge in [0.25, 0.3) is 0 Å². The third-order valence-corrected chi connectivity index (χ3v) is 1.71. The van der Waals surface area contributed by atoms with Crippen molar-refractivity contribution in [1.82, 2.24) is 5.43 Å². The molecule has 0 unspecified atom stereocenters. The van der Waals surface area contributed by atoms with Crippen molar-refractivity contribution in [1.29, 1.82) is 0 Å². The SMILES string of the molecule is O=C(O)C(=O)NNc1ccccc1Cl. The minimum Gasteiger partial charge on any atom is -0.474 e. The summed E-state index contributed by atoms with van der Waals surface area (Å²) in [7, 11) is 0. The molecular weight excluding hydrogens is 208 g/mol. The number of carboxylic acid groups (broad SMARTS) is 1. The average molecular weight is 215 g/mol. The van der Waals surface area contributed by atoms with Crippen molar-refractivity contribution in [3.8, 4) is 0 Å². The molecule has 6 heteroatoms. The van der Waals surface area contributed by atoms with Crippen LogP contribution in [0.3, 0.4) is 0 Å². The van der Waals surface area contributed by atoms with Gasteiger partial charge in [-0.1, -0.05) is 23.7 Å². The van der Waals surface area contributed by atoms with Crippen LogP contribution in [-0.2, 0) is 9.59 Å². The Hall–Kier alpha value is -1.75. The topological polar surface area (TPSA) is 78.4 Å². The number of anilines is 1. The van der Waals surface area contributed by atoms with E-state index in [0.29, 0.717) is 10.7 Å². The van der Waals surface area contributed by atoms with Gasteiger partial charge in [0.05, 0.1) is 10.7 Å². The van der Waals surface area contributed by atoms with Crippen LogP contribution < -0.4 is 10.9 Å². The number of halogens is 1. The third-order valence-electron chi connectivity index (χ3n) is 1.38. The highest BCUT2D eigenvalue weighted by Crippen LogP contribution is 2.19. The van der Waals surface area contributed by atoms with Crippen molar-refractivity contribution < 1.29 is 14.7 Å². The number of aliphatic carboxylic acids is 1. The van der Waals surface area contributed by atoms with Crippen LogP contribution in [0.5, 0.6) is 0 Å². The molecule has 3 N–H and O–H groups in total.